The Kier molecular flexibility index (Phi) is 2.85. The summed E-state index contributed by atoms with van der Waals surface area (Å²) >= 11 is 0. The van der Waals surface area contributed by atoms with Crippen molar-refractivity contribution in [3.05, 3.63) is 12.3 Å². The third-order valence-corrected chi connectivity index (χ3v) is 1.33. The number of hydrogen-bond acceptors (Lipinski definition) is 4. The Balaban J connectivity index is 2.72. The molecule has 1 rings (SSSR count). The molecule has 0 amide bonds. The summed E-state index contributed by atoms with van der Waals surface area (Å²) in [5.41, 5.74) is 0. The molecule has 0 bridgehead atoms. The second kappa shape index (κ2) is 3.90. The average molecular weight is 166 g/mol. The maximum absolute atomic E-state index is 4.20. The number of hydrogen-bond donors (Lipinski definition) is 2. The van der Waals surface area contributed by atoms with Crippen LogP contribution in [-0.2, 0) is 0 Å². The number of anilines is 2. The van der Waals surface area contributed by atoms with Crippen LogP contribution in [-0.4, -0.2) is 23.1 Å². The molecule has 2 N–H and O–H groups in total. The van der Waals surface area contributed by atoms with Gasteiger partial charge in [-0.1, -0.05) is 0 Å². The number of nitrogens with zero attached hydrogens (tertiary/aromatic N) is 2. The molecule has 0 aliphatic carbocycles. The molecule has 1 heterocycles. The Morgan fingerprint density at radius 1 is 1.42 bits per heavy atom. The molecule has 0 aliphatic heterocycles. The van der Waals surface area contributed by atoms with Crippen LogP contribution in [0.1, 0.15) is 13.8 Å². The second-order valence-corrected chi connectivity index (χ2v) is 2.81. The van der Waals surface area contributed by atoms with E-state index in [2.05, 4.69) is 34.4 Å². The topological polar surface area (TPSA) is 49.8 Å². The molecule has 4 heteroatoms. The maximum Gasteiger partial charge on any atom is 0.224 e. The van der Waals surface area contributed by atoms with Gasteiger partial charge in [-0.25, -0.2) is 4.98 Å². The molecular formula is C8H14N4. The van der Waals surface area contributed by atoms with Crippen molar-refractivity contribution >= 4 is 11.8 Å². The SMILES string of the molecule is CNc1ccnc(NC(C)C)n1. The van der Waals surface area contributed by atoms with Gasteiger partial charge in [0.1, 0.15) is 5.82 Å². The van der Waals surface area contributed by atoms with E-state index in [0.717, 1.165) is 5.82 Å². The van der Waals surface area contributed by atoms with Crippen LogP contribution in [0.2, 0.25) is 0 Å². The van der Waals surface area contributed by atoms with Crippen molar-refractivity contribution in [2.75, 3.05) is 17.7 Å². The van der Waals surface area contributed by atoms with Crippen LogP contribution in [0.3, 0.4) is 0 Å². The van der Waals surface area contributed by atoms with Crippen molar-refractivity contribution in [3.63, 3.8) is 0 Å². The highest BCUT2D eigenvalue weighted by atomic mass is 15.1. The van der Waals surface area contributed by atoms with Crippen LogP contribution < -0.4 is 10.6 Å². The number of nitrogens with one attached hydrogen (secondary N) is 2. The lowest BCUT2D eigenvalue weighted by atomic mass is 10.4. The Hall–Kier alpha value is -1.32. The summed E-state index contributed by atoms with van der Waals surface area (Å²) in [5, 5.41) is 6.07. The van der Waals surface area contributed by atoms with E-state index in [0.29, 0.717) is 12.0 Å². The van der Waals surface area contributed by atoms with Crippen LogP contribution in [0, 0.1) is 0 Å². The van der Waals surface area contributed by atoms with Gasteiger partial charge in [-0.15, -0.1) is 0 Å². The maximum atomic E-state index is 4.20. The zero-order chi connectivity index (χ0) is 8.97. The van der Waals surface area contributed by atoms with Gasteiger partial charge in [0, 0.05) is 19.3 Å². The molecule has 66 valence electrons. The van der Waals surface area contributed by atoms with Gasteiger partial charge in [-0.3, -0.25) is 0 Å². The van der Waals surface area contributed by atoms with E-state index < -0.39 is 0 Å². The monoisotopic (exact) mass is 166 g/mol. The summed E-state index contributed by atoms with van der Waals surface area (Å²) in [5.74, 6) is 1.49. The molecular weight excluding hydrogens is 152 g/mol. The van der Waals surface area contributed by atoms with E-state index >= 15 is 0 Å². The Labute approximate surface area is 72.4 Å². The van der Waals surface area contributed by atoms with E-state index in [9.17, 15) is 0 Å². The van der Waals surface area contributed by atoms with Gasteiger partial charge in [0.25, 0.3) is 0 Å². The fourth-order valence-electron chi connectivity index (χ4n) is 0.826. The van der Waals surface area contributed by atoms with E-state index in [1.165, 1.54) is 0 Å². The van der Waals surface area contributed by atoms with Gasteiger partial charge in [-0.05, 0) is 19.9 Å². The Morgan fingerprint density at radius 2 is 2.17 bits per heavy atom. The lowest BCUT2D eigenvalue weighted by molar-refractivity contribution is 0.875. The highest BCUT2D eigenvalue weighted by molar-refractivity contribution is 5.38. The molecule has 0 spiro atoms. The fraction of sp³-hybridized carbons (Fsp3) is 0.500. The molecule has 1 aromatic rings. The molecule has 4 nitrogen and oxygen atoms in total. The average Bonchev–Trinajstić information content (AvgIpc) is 2.03. The lowest BCUT2D eigenvalue weighted by Crippen LogP contribution is -2.12. The first-order chi connectivity index (χ1) is 5.72. The standard InChI is InChI=1S/C8H14N4/c1-6(2)11-8-10-5-4-7(9-3)12-8/h4-6H,1-3H3,(H2,9,10,11,12). The van der Waals surface area contributed by atoms with Gasteiger partial charge in [0.2, 0.25) is 5.95 Å². The van der Waals surface area contributed by atoms with E-state index in [4.69, 9.17) is 0 Å². The van der Waals surface area contributed by atoms with E-state index in [1.807, 2.05) is 13.1 Å². The van der Waals surface area contributed by atoms with Crippen molar-refractivity contribution in [1.82, 2.24) is 9.97 Å². The first-order valence-electron chi connectivity index (χ1n) is 3.99. The van der Waals surface area contributed by atoms with Gasteiger partial charge in [0.15, 0.2) is 0 Å². The van der Waals surface area contributed by atoms with E-state index in [1.54, 1.807) is 6.20 Å². The van der Waals surface area contributed by atoms with E-state index in [-0.39, 0.29) is 0 Å². The predicted molar refractivity (Wildman–Crippen MR) is 50.3 cm³/mol. The van der Waals surface area contributed by atoms with Gasteiger partial charge in [-0.2, -0.15) is 4.98 Å². The third-order valence-electron chi connectivity index (χ3n) is 1.33. The minimum atomic E-state index is 0.358. The van der Waals surface area contributed by atoms with Crippen LogP contribution in [0.25, 0.3) is 0 Å². The third kappa shape index (κ3) is 2.38. The molecule has 0 radical (unpaired) electrons. The summed E-state index contributed by atoms with van der Waals surface area (Å²) in [7, 11) is 1.83. The zero-order valence-electron chi connectivity index (χ0n) is 7.63. The fourth-order valence-corrected chi connectivity index (χ4v) is 0.826. The molecule has 0 unspecified atom stereocenters. The smallest absolute Gasteiger partial charge is 0.224 e. The van der Waals surface area contributed by atoms with Crippen molar-refractivity contribution < 1.29 is 0 Å². The van der Waals surface area contributed by atoms with Crippen LogP contribution in [0.15, 0.2) is 12.3 Å². The minimum absolute atomic E-state index is 0.358. The first-order valence-corrected chi connectivity index (χ1v) is 3.99. The first kappa shape index (κ1) is 8.77. The number of aromatic nitrogens is 2. The molecule has 12 heavy (non-hydrogen) atoms. The van der Waals surface area contributed by atoms with Crippen LogP contribution >= 0.6 is 0 Å². The molecule has 0 fully saturated rings. The van der Waals surface area contributed by atoms with Crippen molar-refractivity contribution in [1.29, 1.82) is 0 Å². The molecule has 0 aliphatic rings. The van der Waals surface area contributed by atoms with Gasteiger partial charge in [0.05, 0.1) is 0 Å². The predicted octanol–water partition coefficient (Wildman–Crippen LogP) is 1.34. The summed E-state index contributed by atoms with van der Waals surface area (Å²) in [6.45, 7) is 4.10. The zero-order valence-corrected chi connectivity index (χ0v) is 7.63. The highest BCUT2D eigenvalue weighted by Gasteiger charge is 1.98. The molecule has 0 saturated heterocycles. The highest BCUT2D eigenvalue weighted by Crippen LogP contribution is 2.04. The summed E-state index contributed by atoms with van der Waals surface area (Å²) in [6.07, 6.45) is 1.73. The normalized spacial score (nSPS) is 10.0. The molecule has 0 saturated carbocycles. The molecule has 1 aromatic heterocycles. The quantitative estimate of drug-likeness (QED) is 0.711. The summed E-state index contributed by atoms with van der Waals surface area (Å²) in [4.78, 5) is 8.26. The largest absolute Gasteiger partial charge is 0.373 e. The van der Waals surface area contributed by atoms with Crippen LogP contribution in [0.5, 0.6) is 0 Å². The molecule has 0 atom stereocenters. The van der Waals surface area contributed by atoms with Gasteiger partial charge < -0.3 is 10.6 Å². The second-order valence-electron chi connectivity index (χ2n) is 2.81. The molecule has 0 aromatic carbocycles. The van der Waals surface area contributed by atoms with Gasteiger partial charge >= 0.3 is 0 Å². The minimum Gasteiger partial charge on any atom is -0.373 e. The van der Waals surface area contributed by atoms with Crippen molar-refractivity contribution in [2.45, 2.75) is 19.9 Å². The van der Waals surface area contributed by atoms with Crippen molar-refractivity contribution in [2.24, 2.45) is 0 Å². The summed E-state index contributed by atoms with van der Waals surface area (Å²) in [6, 6.07) is 2.18. The lowest BCUT2D eigenvalue weighted by Gasteiger charge is -2.08. The number of rotatable bonds is 3. The summed E-state index contributed by atoms with van der Waals surface area (Å²) < 4.78 is 0. The van der Waals surface area contributed by atoms with Crippen molar-refractivity contribution in [3.8, 4) is 0 Å². The van der Waals surface area contributed by atoms with Crippen LogP contribution in [0.4, 0.5) is 11.8 Å². The Bertz CT molecular complexity index is 247. The Morgan fingerprint density at radius 3 is 2.75 bits per heavy atom.